The van der Waals surface area contributed by atoms with Crippen LogP contribution < -0.4 is 5.32 Å². The van der Waals surface area contributed by atoms with Crippen molar-refractivity contribution in [2.75, 3.05) is 6.54 Å². The molecule has 1 aromatic heterocycles. The third-order valence-corrected chi connectivity index (χ3v) is 5.31. The zero-order valence-electron chi connectivity index (χ0n) is 11.5. The quantitative estimate of drug-likeness (QED) is 0.829. The van der Waals surface area contributed by atoms with Gasteiger partial charge in [0.15, 0.2) is 0 Å². The Labute approximate surface area is 123 Å². The third kappa shape index (κ3) is 2.50. The molecule has 3 nitrogen and oxygen atoms in total. The number of aryl methyl sites for hydroxylation is 1. The second-order valence-electron chi connectivity index (χ2n) is 5.82. The normalized spacial score (nSPS) is 20.5. The molecule has 0 spiro atoms. The Kier molecular flexibility index (Phi) is 3.28. The van der Waals surface area contributed by atoms with Crippen molar-refractivity contribution in [3.8, 4) is 0 Å². The minimum Gasteiger partial charge on any atom is -0.314 e. The summed E-state index contributed by atoms with van der Waals surface area (Å²) in [6, 6.07) is 9.50. The third-order valence-electron chi connectivity index (χ3n) is 4.21. The number of nitrogens with one attached hydrogen (secondary N) is 1. The Morgan fingerprint density at radius 1 is 1.20 bits per heavy atom. The van der Waals surface area contributed by atoms with Crippen LogP contribution in [-0.2, 0) is 12.8 Å². The number of hydrogen-bond donors (Lipinski definition) is 1. The van der Waals surface area contributed by atoms with Gasteiger partial charge < -0.3 is 5.32 Å². The lowest BCUT2D eigenvalue weighted by Gasteiger charge is -2.27. The number of fused-ring (bicyclic) bond motifs is 1. The van der Waals surface area contributed by atoms with Crippen molar-refractivity contribution in [2.24, 2.45) is 0 Å². The van der Waals surface area contributed by atoms with Gasteiger partial charge in [0, 0.05) is 18.4 Å². The molecule has 1 atom stereocenters. The lowest BCUT2D eigenvalue weighted by Crippen LogP contribution is -2.17. The van der Waals surface area contributed by atoms with Gasteiger partial charge in [0.25, 0.3) is 0 Å². The van der Waals surface area contributed by atoms with Gasteiger partial charge in [-0.25, -0.2) is 0 Å². The van der Waals surface area contributed by atoms with Gasteiger partial charge in [-0.05, 0) is 43.4 Å². The summed E-state index contributed by atoms with van der Waals surface area (Å²) < 4.78 is 0. The van der Waals surface area contributed by atoms with Gasteiger partial charge in [0.2, 0.25) is 0 Å². The van der Waals surface area contributed by atoms with E-state index in [4.69, 9.17) is 0 Å². The maximum Gasteiger partial charge on any atom is 0.125 e. The standard InChI is InChI=1S/C16H19N3S/c1-2-5-13-11(4-1)10-14(13)16-19-18-15(20-16)6-3-9-17-12-7-8-12/h1-2,4-5,12,14,17H,3,6-10H2. The van der Waals surface area contributed by atoms with E-state index in [-0.39, 0.29) is 0 Å². The van der Waals surface area contributed by atoms with Crippen LogP contribution in [0.15, 0.2) is 24.3 Å². The van der Waals surface area contributed by atoms with Crippen LogP contribution in [-0.4, -0.2) is 22.8 Å². The molecular weight excluding hydrogens is 266 g/mol. The zero-order chi connectivity index (χ0) is 13.4. The summed E-state index contributed by atoms with van der Waals surface area (Å²) >= 11 is 1.80. The smallest absolute Gasteiger partial charge is 0.125 e. The van der Waals surface area contributed by atoms with E-state index in [1.807, 2.05) is 0 Å². The molecular formula is C16H19N3S. The van der Waals surface area contributed by atoms with Crippen molar-refractivity contribution in [1.82, 2.24) is 15.5 Å². The van der Waals surface area contributed by atoms with E-state index in [1.54, 1.807) is 11.3 Å². The Morgan fingerprint density at radius 3 is 2.95 bits per heavy atom. The number of aromatic nitrogens is 2. The van der Waals surface area contributed by atoms with Crippen LogP contribution in [0.5, 0.6) is 0 Å². The van der Waals surface area contributed by atoms with Gasteiger partial charge in [0.05, 0.1) is 0 Å². The number of benzene rings is 1. The van der Waals surface area contributed by atoms with Crippen LogP contribution in [0.1, 0.15) is 46.3 Å². The SMILES string of the molecule is c1ccc2c(c1)CC2c1nnc(CCCNC2CC2)s1. The first-order valence-electron chi connectivity index (χ1n) is 7.53. The van der Waals surface area contributed by atoms with Crippen molar-refractivity contribution >= 4 is 11.3 Å². The molecule has 1 fully saturated rings. The topological polar surface area (TPSA) is 37.8 Å². The number of hydrogen-bond acceptors (Lipinski definition) is 4. The molecule has 1 aromatic carbocycles. The molecule has 4 rings (SSSR count). The summed E-state index contributed by atoms with van der Waals surface area (Å²) in [6.07, 6.45) is 6.10. The summed E-state index contributed by atoms with van der Waals surface area (Å²) in [7, 11) is 0. The second kappa shape index (κ2) is 5.26. The molecule has 2 aromatic rings. The van der Waals surface area contributed by atoms with Crippen LogP contribution in [0.2, 0.25) is 0 Å². The fourth-order valence-electron chi connectivity index (χ4n) is 2.82. The molecule has 1 unspecified atom stereocenters. The van der Waals surface area contributed by atoms with E-state index in [1.165, 1.54) is 40.4 Å². The Hall–Kier alpha value is -1.26. The fraction of sp³-hybridized carbons (Fsp3) is 0.500. The highest BCUT2D eigenvalue weighted by Gasteiger charge is 2.29. The molecule has 0 bridgehead atoms. The van der Waals surface area contributed by atoms with E-state index in [0.717, 1.165) is 25.4 Å². The molecule has 0 amide bonds. The first-order chi connectivity index (χ1) is 9.90. The summed E-state index contributed by atoms with van der Waals surface area (Å²) in [5, 5.41) is 14.7. The minimum absolute atomic E-state index is 0.502. The predicted octanol–water partition coefficient (Wildman–Crippen LogP) is 2.91. The van der Waals surface area contributed by atoms with E-state index in [9.17, 15) is 0 Å². The van der Waals surface area contributed by atoms with E-state index < -0.39 is 0 Å². The van der Waals surface area contributed by atoms with E-state index in [2.05, 4.69) is 39.8 Å². The lowest BCUT2D eigenvalue weighted by atomic mass is 9.78. The summed E-state index contributed by atoms with van der Waals surface area (Å²) in [6.45, 7) is 1.12. The molecule has 104 valence electrons. The molecule has 0 radical (unpaired) electrons. The highest BCUT2D eigenvalue weighted by molar-refractivity contribution is 7.11. The summed E-state index contributed by atoms with van der Waals surface area (Å²) in [5.74, 6) is 0.502. The van der Waals surface area contributed by atoms with E-state index >= 15 is 0 Å². The maximum atomic E-state index is 4.41. The van der Waals surface area contributed by atoms with Crippen molar-refractivity contribution in [3.05, 3.63) is 45.4 Å². The molecule has 20 heavy (non-hydrogen) atoms. The first kappa shape index (κ1) is 12.5. The molecule has 2 aliphatic carbocycles. The number of nitrogens with zero attached hydrogens (tertiary/aromatic N) is 2. The van der Waals surface area contributed by atoms with Crippen LogP contribution in [0.4, 0.5) is 0 Å². The van der Waals surface area contributed by atoms with Crippen molar-refractivity contribution < 1.29 is 0 Å². The number of rotatable bonds is 6. The van der Waals surface area contributed by atoms with Crippen LogP contribution in [0.3, 0.4) is 0 Å². The first-order valence-corrected chi connectivity index (χ1v) is 8.35. The Morgan fingerprint density at radius 2 is 2.10 bits per heavy atom. The van der Waals surface area contributed by atoms with Crippen molar-refractivity contribution in [3.63, 3.8) is 0 Å². The minimum atomic E-state index is 0.502. The Balaban J connectivity index is 1.34. The summed E-state index contributed by atoms with van der Waals surface area (Å²) in [4.78, 5) is 0. The fourth-order valence-corrected chi connectivity index (χ4v) is 3.82. The highest BCUT2D eigenvalue weighted by atomic mass is 32.1. The molecule has 1 heterocycles. The van der Waals surface area contributed by atoms with Gasteiger partial charge in [-0.3, -0.25) is 0 Å². The molecule has 2 aliphatic rings. The van der Waals surface area contributed by atoms with E-state index in [0.29, 0.717) is 5.92 Å². The maximum absolute atomic E-state index is 4.41. The van der Waals surface area contributed by atoms with Gasteiger partial charge in [0.1, 0.15) is 10.0 Å². The van der Waals surface area contributed by atoms with Gasteiger partial charge >= 0.3 is 0 Å². The molecule has 4 heteroatoms. The summed E-state index contributed by atoms with van der Waals surface area (Å²) in [5.41, 5.74) is 2.92. The van der Waals surface area contributed by atoms with Crippen LogP contribution >= 0.6 is 11.3 Å². The highest BCUT2D eigenvalue weighted by Crippen LogP contribution is 2.40. The lowest BCUT2D eigenvalue weighted by molar-refractivity contribution is 0.642. The van der Waals surface area contributed by atoms with Crippen molar-refractivity contribution in [2.45, 2.75) is 44.1 Å². The average Bonchev–Trinajstić information content (AvgIpc) is 3.15. The zero-order valence-corrected chi connectivity index (χ0v) is 12.3. The molecule has 0 aliphatic heterocycles. The Bertz CT molecular complexity index is 603. The largest absolute Gasteiger partial charge is 0.314 e. The van der Waals surface area contributed by atoms with Crippen LogP contribution in [0.25, 0.3) is 0 Å². The van der Waals surface area contributed by atoms with Gasteiger partial charge in [-0.15, -0.1) is 21.5 Å². The van der Waals surface area contributed by atoms with Gasteiger partial charge in [-0.1, -0.05) is 24.3 Å². The average molecular weight is 285 g/mol. The monoisotopic (exact) mass is 285 g/mol. The molecule has 0 saturated heterocycles. The molecule has 1 saturated carbocycles. The second-order valence-corrected chi connectivity index (χ2v) is 6.92. The van der Waals surface area contributed by atoms with Gasteiger partial charge in [-0.2, -0.15) is 0 Å². The van der Waals surface area contributed by atoms with Crippen LogP contribution in [0, 0.1) is 0 Å². The van der Waals surface area contributed by atoms with Crippen molar-refractivity contribution in [1.29, 1.82) is 0 Å². The predicted molar refractivity (Wildman–Crippen MR) is 81.2 cm³/mol. The molecule has 1 N–H and O–H groups in total.